The molecule has 0 unspecified atom stereocenters. The minimum absolute atomic E-state index is 0.164. The quantitative estimate of drug-likeness (QED) is 0.826. The number of nitrogens with two attached hydrogens (primary N) is 1. The van der Waals surface area contributed by atoms with E-state index in [1.54, 1.807) is 6.20 Å². The van der Waals surface area contributed by atoms with E-state index in [0.717, 1.165) is 22.9 Å². The summed E-state index contributed by atoms with van der Waals surface area (Å²) in [6.07, 6.45) is 1.69. The zero-order valence-electron chi connectivity index (χ0n) is 12.1. The lowest BCUT2D eigenvalue weighted by atomic mass is 10.0. The number of rotatable bonds is 4. The highest BCUT2D eigenvalue weighted by Gasteiger charge is 2.13. The Labute approximate surface area is 118 Å². The Morgan fingerprint density at radius 2 is 2.15 bits per heavy atom. The molecule has 0 saturated carbocycles. The van der Waals surface area contributed by atoms with E-state index >= 15 is 0 Å². The maximum Gasteiger partial charge on any atom is 0.270 e. The average Bonchev–Trinajstić information content (AvgIpc) is 2.38. The van der Waals surface area contributed by atoms with Gasteiger partial charge in [-0.3, -0.25) is 9.78 Å². The maximum absolute atomic E-state index is 12.2. The number of carbonyl (C=O) groups is 1. The molecule has 1 heterocycles. The lowest BCUT2D eigenvalue weighted by Gasteiger charge is -2.12. The summed E-state index contributed by atoms with van der Waals surface area (Å²) < 4.78 is 0. The normalized spacial score (nSPS) is 11.0. The molecule has 0 radical (unpaired) electrons. The molecule has 0 atom stereocenters. The van der Waals surface area contributed by atoms with Gasteiger partial charge >= 0.3 is 0 Å². The number of nitrogen functional groups attached to an aromatic ring is 1. The maximum atomic E-state index is 12.2. The molecule has 0 saturated heterocycles. The number of hydrogen-bond donors (Lipinski definition) is 2. The first-order chi connectivity index (χ1) is 9.50. The SMILES string of the molecule is Cc1cnc(C(=O)NCCN(C)C)c2cccc(N)c12. The Morgan fingerprint density at radius 1 is 1.40 bits per heavy atom. The Balaban J connectivity index is 2.33. The van der Waals surface area contributed by atoms with E-state index in [1.165, 1.54) is 0 Å². The van der Waals surface area contributed by atoms with Crippen LogP contribution >= 0.6 is 0 Å². The summed E-state index contributed by atoms with van der Waals surface area (Å²) in [4.78, 5) is 18.5. The van der Waals surface area contributed by atoms with Gasteiger partial charge in [-0.15, -0.1) is 0 Å². The third-order valence-electron chi connectivity index (χ3n) is 3.19. The molecular formula is C15H20N4O. The molecule has 1 amide bonds. The number of fused-ring (bicyclic) bond motifs is 1. The first-order valence-corrected chi connectivity index (χ1v) is 6.57. The van der Waals surface area contributed by atoms with E-state index < -0.39 is 0 Å². The third-order valence-corrected chi connectivity index (χ3v) is 3.19. The van der Waals surface area contributed by atoms with Gasteiger partial charge in [-0.25, -0.2) is 0 Å². The third kappa shape index (κ3) is 2.88. The van der Waals surface area contributed by atoms with Crippen molar-refractivity contribution in [1.29, 1.82) is 0 Å². The van der Waals surface area contributed by atoms with E-state index in [1.807, 2.05) is 44.1 Å². The zero-order chi connectivity index (χ0) is 14.7. The van der Waals surface area contributed by atoms with Crippen molar-refractivity contribution in [3.05, 3.63) is 35.7 Å². The van der Waals surface area contributed by atoms with Gasteiger partial charge in [-0.05, 0) is 32.6 Å². The molecule has 0 bridgehead atoms. The molecule has 5 nitrogen and oxygen atoms in total. The molecule has 2 rings (SSSR count). The summed E-state index contributed by atoms with van der Waals surface area (Å²) in [5.41, 5.74) is 8.07. The zero-order valence-corrected chi connectivity index (χ0v) is 12.1. The number of carbonyl (C=O) groups excluding carboxylic acids is 1. The number of likely N-dealkylation sites (N-methyl/N-ethyl adjacent to an activating group) is 1. The second-order valence-corrected chi connectivity index (χ2v) is 5.12. The molecule has 0 aliphatic rings. The highest BCUT2D eigenvalue weighted by molar-refractivity contribution is 6.08. The summed E-state index contributed by atoms with van der Waals surface area (Å²) in [6, 6.07) is 5.56. The summed E-state index contributed by atoms with van der Waals surface area (Å²) in [6.45, 7) is 3.32. The molecule has 106 valence electrons. The first kappa shape index (κ1) is 14.3. The fraction of sp³-hybridized carbons (Fsp3) is 0.333. The topological polar surface area (TPSA) is 71.2 Å². The van der Waals surface area contributed by atoms with Gasteiger partial charge in [0.15, 0.2) is 0 Å². The van der Waals surface area contributed by atoms with Crippen molar-refractivity contribution in [2.24, 2.45) is 0 Å². The van der Waals surface area contributed by atoms with Gasteiger partial charge in [0, 0.05) is 35.7 Å². The van der Waals surface area contributed by atoms with Gasteiger partial charge in [0.05, 0.1) is 0 Å². The molecule has 5 heteroatoms. The van der Waals surface area contributed by atoms with Crippen LogP contribution < -0.4 is 11.1 Å². The molecule has 1 aromatic heterocycles. The van der Waals surface area contributed by atoms with Gasteiger partial charge < -0.3 is 16.0 Å². The number of nitrogens with one attached hydrogen (secondary N) is 1. The highest BCUT2D eigenvalue weighted by Crippen LogP contribution is 2.25. The molecule has 20 heavy (non-hydrogen) atoms. The van der Waals surface area contributed by atoms with Crippen LogP contribution in [0.2, 0.25) is 0 Å². The number of amides is 1. The number of hydrogen-bond acceptors (Lipinski definition) is 4. The second kappa shape index (κ2) is 5.88. The number of nitrogens with zero attached hydrogens (tertiary/aromatic N) is 2. The minimum Gasteiger partial charge on any atom is -0.398 e. The Kier molecular flexibility index (Phi) is 4.20. The van der Waals surface area contributed by atoms with Crippen LogP contribution in [0.5, 0.6) is 0 Å². The minimum atomic E-state index is -0.164. The Hall–Kier alpha value is -2.14. The molecule has 0 aliphatic carbocycles. The number of pyridine rings is 1. The highest BCUT2D eigenvalue weighted by atomic mass is 16.1. The molecule has 0 fully saturated rings. The van der Waals surface area contributed by atoms with Crippen molar-refractivity contribution in [1.82, 2.24) is 15.2 Å². The van der Waals surface area contributed by atoms with Crippen LogP contribution in [0, 0.1) is 6.92 Å². The fourth-order valence-electron chi connectivity index (χ4n) is 2.16. The first-order valence-electron chi connectivity index (χ1n) is 6.57. The fourth-order valence-corrected chi connectivity index (χ4v) is 2.16. The van der Waals surface area contributed by atoms with Crippen molar-refractivity contribution >= 4 is 22.4 Å². The van der Waals surface area contributed by atoms with Crippen LogP contribution in [0.4, 0.5) is 5.69 Å². The number of benzene rings is 1. The van der Waals surface area contributed by atoms with E-state index in [2.05, 4.69) is 10.3 Å². The predicted octanol–water partition coefficient (Wildman–Crippen LogP) is 1.42. The van der Waals surface area contributed by atoms with Crippen molar-refractivity contribution in [3.63, 3.8) is 0 Å². The van der Waals surface area contributed by atoms with Crippen molar-refractivity contribution in [3.8, 4) is 0 Å². The Bertz CT molecular complexity index is 629. The molecule has 3 N–H and O–H groups in total. The van der Waals surface area contributed by atoms with Crippen LogP contribution in [-0.2, 0) is 0 Å². The standard InChI is InChI=1S/C15H20N4O/c1-10-9-18-14(15(20)17-7-8-19(2)3)11-5-4-6-12(16)13(10)11/h4-6,9H,7-8,16H2,1-3H3,(H,17,20). The molecule has 2 aromatic rings. The van der Waals surface area contributed by atoms with Crippen molar-refractivity contribution in [2.75, 3.05) is 32.9 Å². The lowest BCUT2D eigenvalue weighted by molar-refractivity contribution is 0.0948. The van der Waals surface area contributed by atoms with Crippen LogP contribution in [0.3, 0.4) is 0 Å². The average molecular weight is 272 g/mol. The van der Waals surface area contributed by atoms with Crippen LogP contribution in [0.15, 0.2) is 24.4 Å². The number of anilines is 1. The molecule has 1 aromatic carbocycles. The summed E-state index contributed by atoms with van der Waals surface area (Å²) in [5.74, 6) is -0.164. The van der Waals surface area contributed by atoms with Crippen LogP contribution in [0.1, 0.15) is 16.1 Å². The molecule has 0 aliphatic heterocycles. The predicted molar refractivity (Wildman–Crippen MR) is 81.8 cm³/mol. The van der Waals surface area contributed by atoms with E-state index in [-0.39, 0.29) is 5.91 Å². The lowest BCUT2D eigenvalue weighted by Crippen LogP contribution is -2.32. The second-order valence-electron chi connectivity index (χ2n) is 5.12. The monoisotopic (exact) mass is 272 g/mol. The van der Waals surface area contributed by atoms with E-state index in [4.69, 9.17) is 5.73 Å². The van der Waals surface area contributed by atoms with Crippen LogP contribution in [0.25, 0.3) is 10.8 Å². The van der Waals surface area contributed by atoms with Crippen molar-refractivity contribution < 1.29 is 4.79 Å². The molecule has 0 spiro atoms. The van der Waals surface area contributed by atoms with E-state index in [9.17, 15) is 4.79 Å². The summed E-state index contributed by atoms with van der Waals surface area (Å²) >= 11 is 0. The van der Waals surface area contributed by atoms with E-state index in [0.29, 0.717) is 17.9 Å². The summed E-state index contributed by atoms with van der Waals surface area (Å²) in [5, 5.41) is 4.58. The van der Waals surface area contributed by atoms with Gasteiger partial charge in [0.2, 0.25) is 0 Å². The molecular weight excluding hydrogens is 252 g/mol. The van der Waals surface area contributed by atoms with Crippen LogP contribution in [-0.4, -0.2) is 43.0 Å². The van der Waals surface area contributed by atoms with Crippen molar-refractivity contribution in [2.45, 2.75) is 6.92 Å². The number of aryl methyl sites for hydroxylation is 1. The smallest absolute Gasteiger partial charge is 0.270 e. The van der Waals surface area contributed by atoms with Gasteiger partial charge in [0.25, 0.3) is 5.91 Å². The Morgan fingerprint density at radius 3 is 2.85 bits per heavy atom. The largest absolute Gasteiger partial charge is 0.398 e. The van der Waals surface area contributed by atoms with Gasteiger partial charge in [-0.1, -0.05) is 12.1 Å². The van der Waals surface area contributed by atoms with Gasteiger partial charge in [0.1, 0.15) is 5.69 Å². The van der Waals surface area contributed by atoms with Gasteiger partial charge in [-0.2, -0.15) is 0 Å². The summed E-state index contributed by atoms with van der Waals surface area (Å²) in [7, 11) is 3.93. The number of aromatic nitrogens is 1.